The van der Waals surface area contributed by atoms with Crippen LogP contribution in [0.3, 0.4) is 0 Å². The Kier molecular flexibility index (Phi) is 2.26. The molecule has 4 nitrogen and oxygen atoms in total. The molecule has 4 fully saturated rings. The lowest BCUT2D eigenvalue weighted by atomic mass is 9.71. The van der Waals surface area contributed by atoms with Crippen LogP contribution in [-0.4, -0.2) is 41.7 Å². The third-order valence-corrected chi connectivity index (χ3v) is 5.68. The Morgan fingerprint density at radius 2 is 2.00 bits per heavy atom. The lowest BCUT2D eigenvalue weighted by Gasteiger charge is -2.59. The number of hydrogen-bond donors (Lipinski definition) is 1. The minimum atomic E-state index is 0.436. The summed E-state index contributed by atoms with van der Waals surface area (Å²) in [7, 11) is 0. The number of nitrogens with zero attached hydrogens (tertiary/aromatic N) is 3. The third-order valence-electron chi connectivity index (χ3n) is 5.68. The topological polar surface area (TPSA) is 37.8 Å². The maximum atomic E-state index is 4.28. The van der Waals surface area contributed by atoms with Gasteiger partial charge in [-0.3, -0.25) is 4.48 Å². The van der Waals surface area contributed by atoms with Gasteiger partial charge in [0.15, 0.2) is 5.69 Å². The number of fused-ring (bicyclic) bond motifs is 2. The number of rotatable bonds is 1. The summed E-state index contributed by atoms with van der Waals surface area (Å²) in [5.74, 6) is 0.967. The maximum absolute atomic E-state index is 4.28. The van der Waals surface area contributed by atoms with Gasteiger partial charge in [-0.15, -0.1) is 0 Å². The first kappa shape index (κ1) is 10.9. The molecular weight excluding hydrogens is 224 g/mol. The molecule has 4 saturated heterocycles. The smallest absolute Gasteiger partial charge is 0.170 e. The normalized spacial score (nSPS) is 42.6. The van der Waals surface area contributed by atoms with Crippen molar-refractivity contribution in [1.82, 2.24) is 19.8 Å². The maximum Gasteiger partial charge on any atom is 0.170 e. The number of aromatic nitrogens is 2. The Morgan fingerprint density at radius 3 is 2.67 bits per heavy atom. The Morgan fingerprint density at radius 1 is 1.22 bits per heavy atom. The quantitative estimate of drug-likeness (QED) is 0.759. The van der Waals surface area contributed by atoms with Gasteiger partial charge in [-0.25, -0.2) is 9.97 Å². The van der Waals surface area contributed by atoms with Crippen molar-refractivity contribution in [3.05, 3.63) is 18.7 Å². The Bertz CT molecular complexity index is 430. The van der Waals surface area contributed by atoms with Gasteiger partial charge in [0.05, 0.1) is 32.0 Å². The van der Waals surface area contributed by atoms with Crippen molar-refractivity contribution in [2.45, 2.75) is 31.2 Å². The molecule has 1 aromatic heterocycles. The van der Waals surface area contributed by atoms with Gasteiger partial charge in [0.1, 0.15) is 11.9 Å². The molecule has 0 radical (unpaired) electrons. The molecule has 0 aromatic carbocycles. The van der Waals surface area contributed by atoms with E-state index >= 15 is 0 Å². The SMILES string of the molecule is c1ncc([N+]23CCC(CC2)CC32CCNC2)cn1. The first-order valence-corrected chi connectivity index (χ1v) is 7.18. The molecule has 5 heterocycles. The number of hydrogen-bond acceptors (Lipinski definition) is 3. The predicted octanol–water partition coefficient (Wildman–Crippen LogP) is 1.33. The second-order valence-corrected chi connectivity index (χ2v) is 6.31. The molecule has 0 aliphatic carbocycles. The summed E-state index contributed by atoms with van der Waals surface area (Å²) in [5.41, 5.74) is 1.78. The highest BCUT2D eigenvalue weighted by molar-refractivity contribution is 5.43. The van der Waals surface area contributed by atoms with Crippen LogP contribution in [-0.2, 0) is 0 Å². The van der Waals surface area contributed by atoms with Gasteiger partial charge < -0.3 is 5.32 Å². The number of nitrogens with one attached hydrogen (secondary N) is 1. The van der Waals surface area contributed by atoms with E-state index in [1.165, 1.54) is 57.5 Å². The highest BCUT2D eigenvalue weighted by Gasteiger charge is 2.60. The van der Waals surface area contributed by atoms with Crippen molar-refractivity contribution in [3.63, 3.8) is 0 Å². The molecule has 0 saturated carbocycles. The average molecular weight is 245 g/mol. The second kappa shape index (κ2) is 3.75. The molecule has 1 unspecified atom stereocenters. The van der Waals surface area contributed by atoms with E-state index < -0.39 is 0 Å². The predicted molar refractivity (Wildman–Crippen MR) is 71.1 cm³/mol. The molecule has 1 aromatic rings. The number of piperidine rings is 3. The van der Waals surface area contributed by atoms with Crippen molar-refractivity contribution in [2.24, 2.45) is 5.92 Å². The van der Waals surface area contributed by atoms with E-state index in [4.69, 9.17) is 0 Å². The average Bonchev–Trinajstić information content (AvgIpc) is 2.90. The van der Waals surface area contributed by atoms with Crippen LogP contribution in [0.25, 0.3) is 0 Å². The Labute approximate surface area is 108 Å². The fourth-order valence-corrected chi connectivity index (χ4v) is 4.77. The summed E-state index contributed by atoms with van der Waals surface area (Å²) in [6, 6.07) is 0. The van der Waals surface area contributed by atoms with Gasteiger partial charge in [-0.1, -0.05) is 0 Å². The zero-order valence-corrected chi connectivity index (χ0v) is 10.8. The van der Waals surface area contributed by atoms with Crippen LogP contribution >= 0.6 is 0 Å². The minimum absolute atomic E-state index is 0.436. The minimum Gasteiger partial charge on any atom is -0.311 e. The van der Waals surface area contributed by atoms with E-state index in [9.17, 15) is 0 Å². The van der Waals surface area contributed by atoms with Gasteiger partial charge in [0, 0.05) is 32.2 Å². The summed E-state index contributed by atoms with van der Waals surface area (Å²) in [5, 5.41) is 3.61. The van der Waals surface area contributed by atoms with E-state index in [1.807, 2.05) is 0 Å². The van der Waals surface area contributed by atoms with Crippen LogP contribution in [0.2, 0.25) is 0 Å². The Hall–Kier alpha value is -1.00. The first-order chi connectivity index (χ1) is 8.85. The van der Waals surface area contributed by atoms with E-state index in [-0.39, 0.29) is 0 Å². The van der Waals surface area contributed by atoms with Crippen LogP contribution in [0.15, 0.2) is 18.7 Å². The lowest BCUT2D eigenvalue weighted by Crippen LogP contribution is -2.74. The lowest BCUT2D eigenvalue weighted by molar-refractivity contribution is -0.0111. The van der Waals surface area contributed by atoms with Gasteiger partial charge >= 0.3 is 0 Å². The van der Waals surface area contributed by atoms with E-state index in [2.05, 4.69) is 27.7 Å². The van der Waals surface area contributed by atoms with Gasteiger partial charge in [0.2, 0.25) is 0 Å². The molecule has 1 N–H and O–H groups in total. The van der Waals surface area contributed by atoms with Gasteiger partial charge in [-0.2, -0.15) is 0 Å². The summed E-state index contributed by atoms with van der Waals surface area (Å²) in [6.45, 7) is 4.94. The molecule has 4 aliphatic heterocycles. The van der Waals surface area contributed by atoms with E-state index in [0.29, 0.717) is 5.54 Å². The molecule has 0 amide bonds. The zero-order valence-electron chi connectivity index (χ0n) is 10.8. The Balaban J connectivity index is 1.84. The zero-order chi connectivity index (χ0) is 12.1. The van der Waals surface area contributed by atoms with Crippen molar-refractivity contribution in [3.8, 4) is 0 Å². The molecule has 1 atom stereocenters. The fraction of sp³-hybridized carbons (Fsp3) is 0.714. The second-order valence-electron chi connectivity index (χ2n) is 6.31. The van der Waals surface area contributed by atoms with Gasteiger partial charge in [0.25, 0.3) is 0 Å². The monoisotopic (exact) mass is 245 g/mol. The molecule has 4 heteroatoms. The summed E-state index contributed by atoms with van der Waals surface area (Å²) < 4.78 is 1.15. The van der Waals surface area contributed by atoms with E-state index in [1.54, 1.807) is 6.33 Å². The van der Waals surface area contributed by atoms with Crippen LogP contribution in [0, 0.1) is 5.92 Å². The van der Waals surface area contributed by atoms with Gasteiger partial charge in [-0.05, 0) is 5.92 Å². The molecule has 2 bridgehead atoms. The van der Waals surface area contributed by atoms with Crippen molar-refractivity contribution < 1.29 is 0 Å². The van der Waals surface area contributed by atoms with Crippen LogP contribution in [0.4, 0.5) is 5.69 Å². The van der Waals surface area contributed by atoms with E-state index in [0.717, 1.165) is 10.4 Å². The van der Waals surface area contributed by atoms with Crippen molar-refractivity contribution >= 4 is 5.69 Å². The van der Waals surface area contributed by atoms with Crippen LogP contribution in [0.1, 0.15) is 25.7 Å². The van der Waals surface area contributed by atoms with Crippen molar-refractivity contribution in [2.75, 3.05) is 26.2 Å². The standard InChI is InChI=1S/C14H21N4/c1-5-18(13-8-16-11-17-9-13)6-2-12(1)7-14(18)3-4-15-10-14/h8-9,11-12,15H,1-7,10H2/q+1. The summed E-state index contributed by atoms with van der Waals surface area (Å²) >= 11 is 0. The highest BCUT2D eigenvalue weighted by atomic mass is 15.5. The molecular formula is C14H21N4+. The summed E-state index contributed by atoms with van der Waals surface area (Å²) in [4.78, 5) is 8.56. The third kappa shape index (κ3) is 1.28. The summed E-state index contributed by atoms with van der Waals surface area (Å²) in [6.07, 6.45) is 11.2. The van der Waals surface area contributed by atoms with Crippen LogP contribution in [0.5, 0.6) is 0 Å². The molecule has 96 valence electrons. The van der Waals surface area contributed by atoms with Crippen LogP contribution < -0.4 is 9.80 Å². The number of quaternary nitrogens is 1. The highest BCUT2D eigenvalue weighted by Crippen LogP contribution is 2.50. The fourth-order valence-electron chi connectivity index (χ4n) is 4.77. The largest absolute Gasteiger partial charge is 0.311 e. The van der Waals surface area contributed by atoms with Crippen molar-refractivity contribution in [1.29, 1.82) is 0 Å². The molecule has 1 spiro atoms. The molecule has 5 rings (SSSR count). The molecule has 18 heavy (non-hydrogen) atoms. The first-order valence-electron chi connectivity index (χ1n) is 7.18. The molecule has 4 aliphatic rings.